The lowest BCUT2D eigenvalue weighted by molar-refractivity contribution is -0.125. The van der Waals surface area contributed by atoms with Crippen LogP contribution in [0.5, 0.6) is 0 Å². The fraction of sp³-hybridized carbons (Fsp3) is 0.500. The SMILES string of the molecule is Cc1cccc(N(C)C(=O)C(C)(C)C)n1. The predicted octanol–water partition coefficient (Wildman–Crippen LogP) is 2.40. The molecule has 1 heterocycles. The molecule has 1 aromatic heterocycles. The Morgan fingerprint density at radius 1 is 1.33 bits per heavy atom. The summed E-state index contributed by atoms with van der Waals surface area (Å²) < 4.78 is 0. The third-order valence-electron chi connectivity index (χ3n) is 2.16. The molecule has 82 valence electrons. The van der Waals surface area contributed by atoms with E-state index >= 15 is 0 Å². The standard InChI is InChI=1S/C12H18N2O/c1-9-7-6-8-10(13-9)14(5)11(15)12(2,3)4/h6-8H,1-5H3. The molecule has 0 aliphatic rings. The van der Waals surface area contributed by atoms with Crippen molar-refractivity contribution in [3.05, 3.63) is 23.9 Å². The first-order chi connectivity index (χ1) is 6.82. The number of hydrogen-bond donors (Lipinski definition) is 0. The van der Waals surface area contributed by atoms with Crippen molar-refractivity contribution in [3.8, 4) is 0 Å². The van der Waals surface area contributed by atoms with Gasteiger partial charge in [-0.25, -0.2) is 4.98 Å². The monoisotopic (exact) mass is 206 g/mol. The smallest absolute Gasteiger partial charge is 0.233 e. The molecule has 0 aliphatic heterocycles. The highest BCUT2D eigenvalue weighted by Gasteiger charge is 2.26. The molecule has 0 saturated carbocycles. The molecule has 0 fully saturated rings. The van der Waals surface area contributed by atoms with Crippen LogP contribution in [-0.4, -0.2) is 17.9 Å². The van der Waals surface area contributed by atoms with E-state index in [-0.39, 0.29) is 11.3 Å². The van der Waals surface area contributed by atoms with Crippen molar-refractivity contribution in [3.63, 3.8) is 0 Å². The molecule has 0 unspecified atom stereocenters. The summed E-state index contributed by atoms with van der Waals surface area (Å²) in [5, 5.41) is 0. The van der Waals surface area contributed by atoms with Crippen molar-refractivity contribution in [2.75, 3.05) is 11.9 Å². The van der Waals surface area contributed by atoms with Crippen LogP contribution in [0.4, 0.5) is 5.82 Å². The Labute approximate surface area is 91.1 Å². The second-order valence-electron chi connectivity index (χ2n) is 4.75. The predicted molar refractivity (Wildman–Crippen MR) is 61.8 cm³/mol. The first-order valence-corrected chi connectivity index (χ1v) is 5.04. The molecule has 1 amide bonds. The molecule has 1 aromatic rings. The maximum absolute atomic E-state index is 12.0. The fourth-order valence-corrected chi connectivity index (χ4v) is 1.32. The minimum absolute atomic E-state index is 0.0700. The minimum Gasteiger partial charge on any atom is -0.300 e. The van der Waals surface area contributed by atoms with Gasteiger partial charge >= 0.3 is 0 Å². The van der Waals surface area contributed by atoms with Crippen LogP contribution >= 0.6 is 0 Å². The second kappa shape index (κ2) is 4.01. The maximum Gasteiger partial charge on any atom is 0.233 e. The summed E-state index contributed by atoms with van der Waals surface area (Å²) in [6.07, 6.45) is 0. The van der Waals surface area contributed by atoms with E-state index in [2.05, 4.69) is 4.98 Å². The van der Waals surface area contributed by atoms with Gasteiger partial charge in [0.1, 0.15) is 5.82 Å². The van der Waals surface area contributed by atoms with Gasteiger partial charge in [0, 0.05) is 18.2 Å². The number of carbonyl (C=O) groups excluding carboxylic acids is 1. The van der Waals surface area contributed by atoms with Crippen LogP contribution in [-0.2, 0) is 4.79 Å². The molecule has 1 rings (SSSR count). The number of carbonyl (C=O) groups is 1. The molecule has 0 bridgehead atoms. The first-order valence-electron chi connectivity index (χ1n) is 5.04. The summed E-state index contributed by atoms with van der Waals surface area (Å²) in [4.78, 5) is 17.9. The summed E-state index contributed by atoms with van der Waals surface area (Å²) in [6, 6.07) is 5.67. The lowest BCUT2D eigenvalue weighted by Gasteiger charge is -2.25. The molecule has 15 heavy (non-hydrogen) atoms. The van der Waals surface area contributed by atoms with Gasteiger partial charge in [-0.05, 0) is 19.1 Å². The van der Waals surface area contributed by atoms with Crippen LogP contribution in [0.25, 0.3) is 0 Å². The lowest BCUT2D eigenvalue weighted by atomic mass is 9.95. The quantitative estimate of drug-likeness (QED) is 0.707. The Kier molecular flexibility index (Phi) is 3.12. The van der Waals surface area contributed by atoms with Gasteiger partial charge in [0.05, 0.1) is 0 Å². The van der Waals surface area contributed by atoms with Crippen LogP contribution in [0.15, 0.2) is 18.2 Å². The van der Waals surface area contributed by atoms with E-state index in [9.17, 15) is 4.79 Å². The number of hydrogen-bond acceptors (Lipinski definition) is 2. The molecule has 0 saturated heterocycles. The number of aromatic nitrogens is 1. The van der Waals surface area contributed by atoms with Crippen LogP contribution in [0.1, 0.15) is 26.5 Å². The number of rotatable bonds is 1. The molecule has 3 nitrogen and oxygen atoms in total. The fourth-order valence-electron chi connectivity index (χ4n) is 1.32. The van der Waals surface area contributed by atoms with Gasteiger partial charge in [-0.3, -0.25) is 9.69 Å². The summed E-state index contributed by atoms with van der Waals surface area (Å²) in [7, 11) is 1.76. The van der Waals surface area contributed by atoms with Crippen LogP contribution in [0, 0.1) is 12.3 Å². The Hall–Kier alpha value is -1.38. The molecule has 0 spiro atoms. The molecule has 0 atom stereocenters. The highest BCUT2D eigenvalue weighted by atomic mass is 16.2. The summed E-state index contributed by atoms with van der Waals surface area (Å²) in [6.45, 7) is 7.63. The number of amides is 1. The Morgan fingerprint density at radius 3 is 2.40 bits per heavy atom. The zero-order valence-electron chi connectivity index (χ0n) is 10.0. The largest absolute Gasteiger partial charge is 0.300 e. The van der Waals surface area contributed by atoms with Crippen molar-refractivity contribution in [1.82, 2.24) is 4.98 Å². The molecule has 0 radical (unpaired) electrons. The van der Waals surface area contributed by atoms with Crippen molar-refractivity contribution >= 4 is 11.7 Å². The van der Waals surface area contributed by atoms with Crippen LogP contribution in [0.3, 0.4) is 0 Å². The van der Waals surface area contributed by atoms with Crippen LogP contribution in [0.2, 0.25) is 0 Å². The number of aryl methyl sites for hydroxylation is 1. The zero-order chi connectivity index (χ0) is 11.6. The number of nitrogens with zero attached hydrogens (tertiary/aromatic N) is 2. The van der Waals surface area contributed by atoms with Gasteiger partial charge in [-0.2, -0.15) is 0 Å². The van der Waals surface area contributed by atoms with Crippen molar-refractivity contribution in [2.45, 2.75) is 27.7 Å². The second-order valence-corrected chi connectivity index (χ2v) is 4.75. The molecule has 0 aromatic carbocycles. The molecule has 0 N–H and O–H groups in total. The van der Waals surface area contributed by atoms with Gasteiger partial charge in [0.2, 0.25) is 5.91 Å². The minimum atomic E-state index is -0.375. The third kappa shape index (κ3) is 2.78. The number of pyridine rings is 1. The average molecular weight is 206 g/mol. The van der Waals surface area contributed by atoms with Crippen LogP contribution < -0.4 is 4.90 Å². The van der Waals surface area contributed by atoms with E-state index in [1.54, 1.807) is 11.9 Å². The first kappa shape index (κ1) is 11.7. The maximum atomic E-state index is 12.0. The lowest BCUT2D eigenvalue weighted by Crippen LogP contribution is -2.37. The highest BCUT2D eigenvalue weighted by molar-refractivity contribution is 5.95. The van der Waals surface area contributed by atoms with E-state index in [4.69, 9.17) is 0 Å². The molecular formula is C12H18N2O. The van der Waals surface area contributed by atoms with E-state index in [0.29, 0.717) is 5.82 Å². The Balaban J connectivity index is 2.95. The van der Waals surface area contributed by atoms with Gasteiger partial charge in [0.15, 0.2) is 0 Å². The topological polar surface area (TPSA) is 33.2 Å². The van der Waals surface area contributed by atoms with E-state index < -0.39 is 0 Å². The normalized spacial score (nSPS) is 11.3. The van der Waals surface area contributed by atoms with Crippen molar-refractivity contribution < 1.29 is 4.79 Å². The van der Waals surface area contributed by atoms with Crippen molar-refractivity contribution in [1.29, 1.82) is 0 Å². The van der Waals surface area contributed by atoms with Gasteiger partial charge in [-0.1, -0.05) is 26.8 Å². The van der Waals surface area contributed by atoms with Crippen molar-refractivity contribution in [2.24, 2.45) is 5.41 Å². The van der Waals surface area contributed by atoms with E-state index in [1.165, 1.54) is 0 Å². The van der Waals surface area contributed by atoms with Gasteiger partial charge < -0.3 is 0 Å². The summed E-state index contributed by atoms with van der Waals surface area (Å²) >= 11 is 0. The number of anilines is 1. The third-order valence-corrected chi connectivity index (χ3v) is 2.16. The Bertz CT molecular complexity index is 366. The molecule has 3 heteroatoms. The Morgan fingerprint density at radius 2 is 1.93 bits per heavy atom. The molecule has 0 aliphatic carbocycles. The summed E-state index contributed by atoms with van der Waals surface area (Å²) in [5.41, 5.74) is 0.543. The highest BCUT2D eigenvalue weighted by Crippen LogP contribution is 2.20. The van der Waals surface area contributed by atoms with E-state index in [0.717, 1.165) is 5.69 Å². The summed E-state index contributed by atoms with van der Waals surface area (Å²) in [5.74, 6) is 0.774. The average Bonchev–Trinajstić information content (AvgIpc) is 2.14. The van der Waals surface area contributed by atoms with E-state index in [1.807, 2.05) is 45.9 Å². The molecular weight excluding hydrogens is 188 g/mol. The zero-order valence-corrected chi connectivity index (χ0v) is 10.0. The van der Waals surface area contributed by atoms with Gasteiger partial charge in [-0.15, -0.1) is 0 Å². The van der Waals surface area contributed by atoms with Gasteiger partial charge in [0.25, 0.3) is 0 Å².